The lowest BCUT2D eigenvalue weighted by Crippen LogP contribution is -2.36. The molecule has 5 heteroatoms. The van der Waals surface area contributed by atoms with Gasteiger partial charge in [-0.1, -0.05) is 0 Å². The second-order valence-electron chi connectivity index (χ2n) is 4.29. The maximum atomic E-state index is 9.16. The Labute approximate surface area is 105 Å². The molecule has 1 aromatic heterocycles. The Morgan fingerprint density at radius 2 is 2.50 bits per heavy atom. The summed E-state index contributed by atoms with van der Waals surface area (Å²) in [6.07, 6.45) is 2.33. The minimum atomic E-state index is 0.307. The summed E-state index contributed by atoms with van der Waals surface area (Å²) in [5.74, 6) is 0.941. The molecular weight excluding hydrogens is 244 g/mol. The van der Waals surface area contributed by atoms with Crippen LogP contribution < -0.4 is 0 Å². The van der Waals surface area contributed by atoms with Crippen molar-refractivity contribution in [3.05, 3.63) is 16.1 Å². The Morgan fingerprint density at radius 1 is 1.62 bits per heavy atom. The van der Waals surface area contributed by atoms with Gasteiger partial charge < -0.3 is 5.11 Å². The fourth-order valence-electron chi connectivity index (χ4n) is 2.12. The number of thiazole rings is 1. The molecule has 1 aromatic rings. The molecule has 0 amide bonds. The molecule has 0 saturated carbocycles. The number of likely N-dealkylation sites (tertiary alicyclic amines) is 1. The van der Waals surface area contributed by atoms with Gasteiger partial charge in [0.25, 0.3) is 0 Å². The zero-order valence-corrected chi connectivity index (χ0v) is 10.8. The van der Waals surface area contributed by atoms with Crippen LogP contribution in [-0.4, -0.2) is 34.7 Å². The summed E-state index contributed by atoms with van der Waals surface area (Å²) in [5.41, 5.74) is 0.970. The van der Waals surface area contributed by atoms with Gasteiger partial charge in [-0.15, -0.1) is 22.9 Å². The monoisotopic (exact) mass is 260 g/mol. The third-order valence-electron chi connectivity index (χ3n) is 2.96. The van der Waals surface area contributed by atoms with Crippen LogP contribution in [0, 0.1) is 5.92 Å². The molecule has 1 saturated heterocycles. The van der Waals surface area contributed by atoms with E-state index in [-0.39, 0.29) is 0 Å². The highest BCUT2D eigenvalue weighted by molar-refractivity contribution is 7.09. The number of halogens is 1. The van der Waals surface area contributed by atoms with Gasteiger partial charge >= 0.3 is 0 Å². The maximum Gasteiger partial charge on any atom is 0.107 e. The van der Waals surface area contributed by atoms with Gasteiger partial charge in [0.05, 0.1) is 18.1 Å². The summed E-state index contributed by atoms with van der Waals surface area (Å²) in [6, 6.07) is 0. The third-order valence-corrected chi connectivity index (χ3v) is 4.11. The average Bonchev–Trinajstić information content (AvgIpc) is 2.77. The zero-order valence-electron chi connectivity index (χ0n) is 9.23. The van der Waals surface area contributed by atoms with Gasteiger partial charge in [-0.05, 0) is 25.3 Å². The molecule has 0 aliphatic carbocycles. The standard InChI is InChI=1S/C11H17ClN2OS/c12-4-10-8-16-11(13-10)6-14-3-1-2-9(5-14)7-15/h8-9,15H,1-7H2. The van der Waals surface area contributed by atoms with Crippen molar-refractivity contribution in [1.82, 2.24) is 9.88 Å². The summed E-state index contributed by atoms with van der Waals surface area (Å²) in [7, 11) is 0. The number of nitrogens with zero attached hydrogens (tertiary/aromatic N) is 2. The second kappa shape index (κ2) is 5.96. The predicted molar refractivity (Wildman–Crippen MR) is 66.8 cm³/mol. The summed E-state index contributed by atoms with van der Waals surface area (Å²) in [4.78, 5) is 6.83. The number of piperidine rings is 1. The summed E-state index contributed by atoms with van der Waals surface area (Å²) in [6.45, 7) is 3.32. The quantitative estimate of drug-likeness (QED) is 0.843. The van der Waals surface area contributed by atoms with Crippen LogP contribution >= 0.6 is 22.9 Å². The van der Waals surface area contributed by atoms with Gasteiger partial charge in [0, 0.05) is 18.5 Å². The molecule has 2 heterocycles. The number of alkyl halides is 1. The van der Waals surface area contributed by atoms with Gasteiger partial charge in [-0.25, -0.2) is 4.98 Å². The first-order valence-corrected chi connectivity index (χ1v) is 7.05. The van der Waals surface area contributed by atoms with Crippen molar-refractivity contribution in [2.24, 2.45) is 5.92 Å². The maximum absolute atomic E-state index is 9.16. The lowest BCUT2D eigenvalue weighted by Gasteiger charge is -2.30. The number of hydrogen-bond acceptors (Lipinski definition) is 4. The van der Waals surface area contributed by atoms with Gasteiger partial charge in [-0.3, -0.25) is 4.90 Å². The first kappa shape index (κ1) is 12.3. The van der Waals surface area contributed by atoms with Crippen LogP contribution in [0.15, 0.2) is 5.38 Å². The lowest BCUT2D eigenvalue weighted by atomic mass is 9.99. The normalized spacial score (nSPS) is 22.5. The van der Waals surface area contributed by atoms with Gasteiger partial charge in [0.15, 0.2) is 0 Å². The second-order valence-corrected chi connectivity index (χ2v) is 5.50. The van der Waals surface area contributed by atoms with E-state index in [1.807, 2.05) is 5.38 Å². The molecule has 1 N–H and O–H groups in total. The molecule has 1 fully saturated rings. The Balaban J connectivity index is 1.88. The van der Waals surface area contributed by atoms with Crippen LogP contribution in [0.1, 0.15) is 23.5 Å². The smallest absolute Gasteiger partial charge is 0.107 e. The van der Waals surface area contributed by atoms with Crippen molar-refractivity contribution in [2.45, 2.75) is 25.3 Å². The van der Waals surface area contributed by atoms with Crippen molar-refractivity contribution >= 4 is 22.9 Å². The fraction of sp³-hybridized carbons (Fsp3) is 0.727. The summed E-state index contributed by atoms with van der Waals surface area (Å²) < 4.78 is 0. The summed E-state index contributed by atoms with van der Waals surface area (Å²) in [5, 5.41) is 12.3. The molecule has 2 rings (SSSR count). The van der Waals surface area contributed by atoms with Crippen LogP contribution in [0.2, 0.25) is 0 Å². The first-order chi connectivity index (χ1) is 7.81. The fourth-order valence-corrected chi connectivity index (χ4v) is 3.18. The van der Waals surface area contributed by atoms with Crippen molar-refractivity contribution in [2.75, 3.05) is 19.7 Å². The average molecular weight is 261 g/mol. The number of rotatable bonds is 4. The van der Waals surface area contributed by atoms with E-state index in [0.29, 0.717) is 18.4 Å². The van der Waals surface area contributed by atoms with E-state index in [9.17, 15) is 0 Å². The van der Waals surface area contributed by atoms with E-state index in [1.165, 1.54) is 6.42 Å². The van der Waals surface area contributed by atoms with Crippen LogP contribution in [-0.2, 0) is 12.4 Å². The van der Waals surface area contributed by atoms with E-state index >= 15 is 0 Å². The van der Waals surface area contributed by atoms with Crippen molar-refractivity contribution < 1.29 is 5.11 Å². The van der Waals surface area contributed by atoms with Gasteiger partial charge in [-0.2, -0.15) is 0 Å². The number of aliphatic hydroxyl groups is 1. The Hall–Kier alpha value is -0.160. The Morgan fingerprint density at radius 3 is 3.19 bits per heavy atom. The topological polar surface area (TPSA) is 36.4 Å². The molecule has 0 spiro atoms. The van der Waals surface area contributed by atoms with Crippen LogP contribution in [0.4, 0.5) is 0 Å². The Kier molecular flexibility index (Phi) is 4.58. The summed E-state index contributed by atoms with van der Waals surface area (Å²) >= 11 is 7.40. The molecule has 0 radical (unpaired) electrons. The highest BCUT2D eigenvalue weighted by atomic mass is 35.5. The molecule has 1 aliphatic heterocycles. The van der Waals surface area contributed by atoms with Gasteiger partial charge in [0.1, 0.15) is 5.01 Å². The van der Waals surface area contributed by atoms with Gasteiger partial charge in [0.2, 0.25) is 0 Å². The molecule has 1 unspecified atom stereocenters. The molecule has 90 valence electrons. The molecule has 1 atom stereocenters. The van der Waals surface area contributed by atoms with E-state index in [0.717, 1.165) is 36.8 Å². The van der Waals surface area contributed by atoms with E-state index < -0.39 is 0 Å². The minimum Gasteiger partial charge on any atom is -0.396 e. The number of hydrogen-bond donors (Lipinski definition) is 1. The predicted octanol–water partition coefficient (Wildman–Crippen LogP) is 2.09. The third kappa shape index (κ3) is 3.17. The van der Waals surface area contributed by atoms with Crippen LogP contribution in [0.3, 0.4) is 0 Å². The van der Waals surface area contributed by atoms with Crippen molar-refractivity contribution in [1.29, 1.82) is 0 Å². The zero-order chi connectivity index (χ0) is 11.4. The first-order valence-electron chi connectivity index (χ1n) is 5.64. The number of aromatic nitrogens is 1. The molecule has 16 heavy (non-hydrogen) atoms. The largest absolute Gasteiger partial charge is 0.396 e. The molecular formula is C11H17ClN2OS. The molecule has 0 bridgehead atoms. The van der Waals surface area contributed by atoms with E-state index in [4.69, 9.17) is 16.7 Å². The molecule has 0 aromatic carbocycles. The highest BCUT2D eigenvalue weighted by Crippen LogP contribution is 2.20. The molecule has 3 nitrogen and oxygen atoms in total. The van der Waals surface area contributed by atoms with Crippen molar-refractivity contribution in [3.63, 3.8) is 0 Å². The minimum absolute atomic E-state index is 0.307. The number of aliphatic hydroxyl groups excluding tert-OH is 1. The van der Waals surface area contributed by atoms with Crippen LogP contribution in [0.25, 0.3) is 0 Å². The Bertz CT molecular complexity index is 332. The lowest BCUT2D eigenvalue weighted by molar-refractivity contribution is 0.116. The van der Waals surface area contributed by atoms with E-state index in [2.05, 4.69) is 9.88 Å². The SMILES string of the molecule is OCC1CCCN(Cc2nc(CCl)cs2)C1. The van der Waals surface area contributed by atoms with Crippen molar-refractivity contribution in [3.8, 4) is 0 Å². The van der Waals surface area contributed by atoms with Crippen LogP contribution in [0.5, 0.6) is 0 Å². The van der Waals surface area contributed by atoms with E-state index in [1.54, 1.807) is 11.3 Å². The molecule has 1 aliphatic rings. The highest BCUT2D eigenvalue weighted by Gasteiger charge is 2.19.